The molecule has 1 aliphatic rings. The van der Waals surface area contributed by atoms with E-state index in [2.05, 4.69) is 29.8 Å². The molecule has 2 heterocycles. The number of carbonyl (C=O) groups is 1. The van der Waals surface area contributed by atoms with Crippen LogP contribution in [0.3, 0.4) is 0 Å². The molecule has 0 radical (unpaired) electrons. The number of thioether (sulfide) groups is 1. The Morgan fingerprint density at radius 2 is 1.85 bits per heavy atom. The fourth-order valence-corrected chi connectivity index (χ4v) is 4.61. The van der Waals surface area contributed by atoms with Crippen LogP contribution in [0, 0.1) is 0 Å². The molecule has 130 valence electrons. The van der Waals surface area contributed by atoms with Gasteiger partial charge in [-0.3, -0.25) is 9.69 Å². The van der Waals surface area contributed by atoms with Crippen molar-refractivity contribution < 1.29 is 4.79 Å². The lowest BCUT2D eigenvalue weighted by Gasteiger charge is -2.17. The number of thiocarbonyl (C=S) groups is 1. The van der Waals surface area contributed by atoms with Gasteiger partial charge in [-0.1, -0.05) is 67.3 Å². The minimum atomic E-state index is -0.0474. The molecule has 1 saturated heterocycles. The molecule has 0 N–H and O–H groups in total. The summed E-state index contributed by atoms with van der Waals surface area (Å²) < 4.78 is 2.66. The molecule has 0 saturated carbocycles. The second kappa shape index (κ2) is 6.74. The van der Waals surface area contributed by atoms with E-state index < -0.39 is 0 Å². The first kappa shape index (κ1) is 17.1. The average molecular weight is 379 g/mol. The number of nitrogens with zero attached hydrogens (tertiary/aromatic N) is 2. The fourth-order valence-electron chi connectivity index (χ4n) is 3.33. The Morgan fingerprint density at radius 3 is 2.65 bits per heavy atom. The number of carbonyl (C=O) groups excluding carboxylic acids is 1. The monoisotopic (exact) mass is 378 g/mol. The summed E-state index contributed by atoms with van der Waals surface area (Å²) in [5, 5.41) is 1.13. The minimum absolute atomic E-state index is 0.0474. The highest BCUT2D eigenvalue weighted by atomic mass is 32.2. The van der Waals surface area contributed by atoms with Crippen LogP contribution >= 0.6 is 24.0 Å². The molecule has 0 atom stereocenters. The van der Waals surface area contributed by atoms with Crippen molar-refractivity contribution in [1.82, 2.24) is 4.57 Å². The Morgan fingerprint density at radius 1 is 1.12 bits per heavy atom. The van der Waals surface area contributed by atoms with Crippen molar-refractivity contribution in [2.24, 2.45) is 7.05 Å². The molecule has 1 aromatic heterocycles. The van der Waals surface area contributed by atoms with Crippen LogP contribution < -0.4 is 4.90 Å². The Labute approximate surface area is 162 Å². The van der Waals surface area contributed by atoms with Gasteiger partial charge >= 0.3 is 0 Å². The van der Waals surface area contributed by atoms with Crippen LogP contribution in [0.2, 0.25) is 0 Å². The molecular formula is C21H18N2OS2. The SMILES string of the molecule is CCc1ccccc1N1C(=O)/C(=C/c2cn(C)c3ccccc23)SC1=S. The van der Waals surface area contributed by atoms with Gasteiger partial charge in [0.1, 0.15) is 0 Å². The summed E-state index contributed by atoms with van der Waals surface area (Å²) in [4.78, 5) is 15.4. The second-order valence-corrected chi connectivity index (χ2v) is 7.89. The third-order valence-electron chi connectivity index (χ3n) is 4.62. The van der Waals surface area contributed by atoms with E-state index in [1.54, 1.807) is 4.90 Å². The molecule has 0 unspecified atom stereocenters. The zero-order valence-corrected chi connectivity index (χ0v) is 16.2. The predicted octanol–water partition coefficient (Wildman–Crippen LogP) is 5.15. The lowest BCUT2D eigenvalue weighted by Crippen LogP contribution is -2.28. The number of aryl methyl sites for hydroxylation is 2. The Hall–Kier alpha value is -2.37. The van der Waals surface area contributed by atoms with E-state index in [1.807, 2.05) is 49.5 Å². The van der Waals surface area contributed by atoms with E-state index in [0.29, 0.717) is 9.23 Å². The number of para-hydroxylation sites is 2. The zero-order chi connectivity index (χ0) is 18.3. The molecule has 1 fully saturated rings. The van der Waals surface area contributed by atoms with Gasteiger partial charge in [0.25, 0.3) is 5.91 Å². The summed E-state index contributed by atoms with van der Waals surface area (Å²) in [6.45, 7) is 2.09. The van der Waals surface area contributed by atoms with Crippen molar-refractivity contribution in [3.05, 3.63) is 70.8 Å². The largest absolute Gasteiger partial charge is 0.350 e. The highest BCUT2D eigenvalue weighted by Gasteiger charge is 2.34. The summed E-state index contributed by atoms with van der Waals surface area (Å²) in [6.07, 6.45) is 4.86. The van der Waals surface area contributed by atoms with Gasteiger partial charge in [-0.15, -0.1) is 0 Å². The predicted molar refractivity (Wildman–Crippen MR) is 114 cm³/mol. The molecule has 2 aromatic carbocycles. The number of amides is 1. The van der Waals surface area contributed by atoms with Crippen molar-refractivity contribution in [3.8, 4) is 0 Å². The van der Waals surface area contributed by atoms with Gasteiger partial charge in [0.2, 0.25) is 0 Å². The third-order valence-corrected chi connectivity index (χ3v) is 5.92. The van der Waals surface area contributed by atoms with E-state index in [0.717, 1.165) is 34.1 Å². The molecule has 4 rings (SSSR count). The van der Waals surface area contributed by atoms with E-state index in [1.165, 1.54) is 11.8 Å². The first-order valence-electron chi connectivity index (χ1n) is 8.50. The highest BCUT2D eigenvalue weighted by Crippen LogP contribution is 2.38. The zero-order valence-electron chi connectivity index (χ0n) is 14.6. The molecule has 0 aliphatic carbocycles. The van der Waals surface area contributed by atoms with Crippen molar-refractivity contribution in [3.63, 3.8) is 0 Å². The topological polar surface area (TPSA) is 25.2 Å². The van der Waals surface area contributed by atoms with Crippen LogP contribution in [0.15, 0.2) is 59.6 Å². The maximum absolute atomic E-state index is 13.1. The molecular weight excluding hydrogens is 360 g/mol. The smallest absolute Gasteiger partial charge is 0.270 e. The molecule has 0 spiro atoms. The summed E-state index contributed by atoms with van der Waals surface area (Å²) in [7, 11) is 2.02. The van der Waals surface area contributed by atoms with E-state index in [4.69, 9.17) is 12.2 Å². The lowest BCUT2D eigenvalue weighted by molar-refractivity contribution is -0.113. The summed E-state index contributed by atoms with van der Waals surface area (Å²) in [6, 6.07) is 16.1. The Balaban J connectivity index is 1.76. The number of rotatable bonds is 3. The molecule has 1 amide bonds. The summed E-state index contributed by atoms with van der Waals surface area (Å²) in [5.41, 5.74) is 4.19. The van der Waals surface area contributed by atoms with Gasteiger partial charge in [-0.05, 0) is 30.2 Å². The van der Waals surface area contributed by atoms with Gasteiger partial charge in [-0.25, -0.2) is 0 Å². The normalized spacial score (nSPS) is 16.2. The first-order chi connectivity index (χ1) is 12.6. The van der Waals surface area contributed by atoms with Crippen LogP contribution in [-0.4, -0.2) is 14.8 Å². The molecule has 0 bridgehead atoms. The number of hydrogen-bond acceptors (Lipinski definition) is 3. The Bertz CT molecular complexity index is 1060. The van der Waals surface area contributed by atoms with Crippen LogP contribution in [0.1, 0.15) is 18.1 Å². The van der Waals surface area contributed by atoms with Crippen molar-refractivity contribution in [1.29, 1.82) is 0 Å². The molecule has 26 heavy (non-hydrogen) atoms. The maximum atomic E-state index is 13.1. The number of hydrogen-bond donors (Lipinski definition) is 0. The molecule has 1 aliphatic heterocycles. The molecule has 3 nitrogen and oxygen atoms in total. The van der Waals surface area contributed by atoms with Gasteiger partial charge in [-0.2, -0.15) is 0 Å². The average Bonchev–Trinajstić information content (AvgIpc) is 3.12. The molecule has 5 heteroatoms. The van der Waals surface area contributed by atoms with E-state index in [9.17, 15) is 4.79 Å². The molecule has 3 aromatic rings. The standard InChI is InChI=1S/C21H18N2OS2/c1-3-14-8-4-6-10-17(14)23-20(24)19(26-21(23)25)12-15-13-22(2)18-11-7-5-9-16(15)18/h4-13H,3H2,1-2H3/b19-12-. The number of aromatic nitrogens is 1. The van der Waals surface area contributed by atoms with Gasteiger partial charge < -0.3 is 4.57 Å². The second-order valence-electron chi connectivity index (χ2n) is 6.21. The summed E-state index contributed by atoms with van der Waals surface area (Å²) >= 11 is 6.89. The minimum Gasteiger partial charge on any atom is -0.350 e. The van der Waals surface area contributed by atoms with Gasteiger partial charge in [0.05, 0.1) is 10.6 Å². The number of benzene rings is 2. The van der Waals surface area contributed by atoms with Crippen LogP contribution in [0.25, 0.3) is 17.0 Å². The van der Waals surface area contributed by atoms with Crippen molar-refractivity contribution in [2.45, 2.75) is 13.3 Å². The highest BCUT2D eigenvalue weighted by molar-refractivity contribution is 8.27. The summed E-state index contributed by atoms with van der Waals surface area (Å²) in [5.74, 6) is -0.0474. The maximum Gasteiger partial charge on any atom is 0.270 e. The number of anilines is 1. The van der Waals surface area contributed by atoms with E-state index >= 15 is 0 Å². The Kier molecular flexibility index (Phi) is 4.42. The van der Waals surface area contributed by atoms with Gasteiger partial charge in [0, 0.05) is 29.7 Å². The third kappa shape index (κ3) is 2.77. The first-order valence-corrected chi connectivity index (χ1v) is 9.72. The quantitative estimate of drug-likeness (QED) is 0.466. The van der Waals surface area contributed by atoms with Gasteiger partial charge in [0.15, 0.2) is 4.32 Å². The van der Waals surface area contributed by atoms with Crippen molar-refractivity contribution in [2.75, 3.05) is 4.90 Å². The number of fused-ring (bicyclic) bond motifs is 1. The van der Waals surface area contributed by atoms with Crippen LogP contribution in [-0.2, 0) is 18.3 Å². The van der Waals surface area contributed by atoms with Crippen LogP contribution in [0.4, 0.5) is 5.69 Å². The lowest BCUT2D eigenvalue weighted by atomic mass is 10.1. The van der Waals surface area contributed by atoms with E-state index in [-0.39, 0.29) is 5.91 Å². The fraction of sp³-hybridized carbons (Fsp3) is 0.143. The van der Waals surface area contributed by atoms with Crippen LogP contribution in [0.5, 0.6) is 0 Å². The van der Waals surface area contributed by atoms with Crippen molar-refractivity contribution >= 4 is 56.9 Å².